The van der Waals surface area contributed by atoms with Crippen molar-refractivity contribution in [3.05, 3.63) is 29.3 Å². The Bertz CT molecular complexity index is 388. The number of hydrogen-bond acceptors (Lipinski definition) is 3. The van der Waals surface area contributed by atoms with E-state index < -0.39 is 11.6 Å². The molecule has 1 rings (SSSR count). The number of rotatable bonds is 9. The molecule has 0 aromatic heterocycles. The fraction of sp³-hybridized carbons (Fsp3) is 0.600. The van der Waals surface area contributed by atoms with Gasteiger partial charge >= 0.3 is 0 Å². The van der Waals surface area contributed by atoms with E-state index >= 15 is 0 Å². The summed E-state index contributed by atoms with van der Waals surface area (Å²) in [7, 11) is 1.38. The molecule has 3 nitrogen and oxygen atoms in total. The van der Waals surface area contributed by atoms with Crippen molar-refractivity contribution in [3.8, 4) is 5.75 Å². The largest absolute Gasteiger partial charge is 0.497 e. The Labute approximate surface area is 119 Å². The third-order valence-corrected chi connectivity index (χ3v) is 2.82. The third kappa shape index (κ3) is 5.84. The van der Waals surface area contributed by atoms with Gasteiger partial charge in [-0.1, -0.05) is 13.8 Å². The molecule has 0 amide bonds. The zero-order valence-corrected chi connectivity index (χ0v) is 12.3. The summed E-state index contributed by atoms with van der Waals surface area (Å²) in [5, 5.41) is 3.23. The molecule has 1 N–H and O–H groups in total. The molecule has 0 spiro atoms. The highest BCUT2D eigenvalue weighted by atomic mass is 19.1. The van der Waals surface area contributed by atoms with Crippen LogP contribution in [0.1, 0.15) is 19.4 Å². The van der Waals surface area contributed by atoms with Crippen LogP contribution in [0.2, 0.25) is 0 Å². The Morgan fingerprint density at radius 3 is 2.35 bits per heavy atom. The molecule has 0 aliphatic carbocycles. The van der Waals surface area contributed by atoms with Gasteiger partial charge in [0.05, 0.1) is 20.3 Å². The molecule has 20 heavy (non-hydrogen) atoms. The summed E-state index contributed by atoms with van der Waals surface area (Å²) < 4.78 is 37.4. The lowest BCUT2D eigenvalue weighted by Gasteiger charge is -2.09. The van der Waals surface area contributed by atoms with E-state index in [1.54, 1.807) is 0 Å². The van der Waals surface area contributed by atoms with Gasteiger partial charge in [-0.15, -0.1) is 0 Å². The van der Waals surface area contributed by atoms with E-state index in [9.17, 15) is 8.78 Å². The van der Waals surface area contributed by atoms with Crippen LogP contribution in [0.15, 0.2) is 12.1 Å². The molecule has 5 heteroatoms. The van der Waals surface area contributed by atoms with Crippen molar-refractivity contribution in [3.63, 3.8) is 0 Å². The lowest BCUT2D eigenvalue weighted by molar-refractivity contribution is 0.137. The molecule has 0 saturated carbocycles. The van der Waals surface area contributed by atoms with Crippen molar-refractivity contribution in [2.45, 2.75) is 20.3 Å². The number of halogens is 2. The topological polar surface area (TPSA) is 30.5 Å². The van der Waals surface area contributed by atoms with Crippen LogP contribution >= 0.6 is 0 Å². The lowest BCUT2D eigenvalue weighted by Crippen LogP contribution is -2.24. The number of nitrogens with one attached hydrogen (secondary N) is 1. The van der Waals surface area contributed by atoms with Gasteiger partial charge in [0.25, 0.3) is 0 Å². The normalized spacial score (nSPS) is 11.1. The SMILES string of the molecule is COc1cc(F)c(CCOCCNCC(C)C)c(F)c1. The van der Waals surface area contributed by atoms with E-state index in [2.05, 4.69) is 19.2 Å². The molecule has 0 aliphatic rings. The summed E-state index contributed by atoms with van der Waals surface area (Å²) in [6.45, 7) is 6.76. The van der Waals surface area contributed by atoms with Crippen molar-refractivity contribution in [2.24, 2.45) is 5.92 Å². The summed E-state index contributed by atoms with van der Waals surface area (Å²) in [6, 6.07) is 2.37. The number of benzene rings is 1. The minimum absolute atomic E-state index is 0.0425. The molecular formula is C15H23F2NO2. The summed E-state index contributed by atoms with van der Waals surface area (Å²) in [4.78, 5) is 0. The Morgan fingerprint density at radius 2 is 1.80 bits per heavy atom. The van der Waals surface area contributed by atoms with Crippen LogP contribution in [0.3, 0.4) is 0 Å². The quantitative estimate of drug-likeness (QED) is 0.708. The molecular weight excluding hydrogens is 264 g/mol. The number of methoxy groups -OCH3 is 1. The number of ether oxygens (including phenoxy) is 2. The van der Waals surface area contributed by atoms with E-state index in [0.29, 0.717) is 19.1 Å². The van der Waals surface area contributed by atoms with Gasteiger partial charge in [-0.2, -0.15) is 0 Å². The van der Waals surface area contributed by atoms with Crippen LogP contribution in [0, 0.1) is 17.6 Å². The highest BCUT2D eigenvalue weighted by Gasteiger charge is 2.11. The molecule has 1 aromatic carbocycles. The fourth-order valence-corrected chi connectivity index (χ4v) is 1.75. The van der Waals surface area contributed by atoms with Gasteiger partial charge in [0.2, 0.25) is 0 Å². The Morgan fingerprint density at radius 1 is 1.15 bits per heavy atom. The molecule has 0 bridgehead atoms. The van der Waals surface area contributed by atoms with Crippen LogP contribution in [-0.2, 0) is 11.2 Å². The minimum Gasteiger partial charge on any atom is -0.497 e. The molecule has 114 valence electrons. The first-order chi connectivity index (χ1) is 9.54. The molecule has 1 aromatic rings. The molecule has 0 atom stereocenters. The summed E-state index contributed by atoms with van der Waals surface area (Å²) in [5.74, 6) is -0.410. The minimum atomic E-state index is -0.594. The summed E-state index contributed by atoms with van der Waals surface area (Å²) in [5.41, 5.74) is 0.0425. The molecule has 0 aliphatic heterocycles. The van der Waals surface area contributed by atoms with E-state index in [1.807, 2.05) is 0 Å². The van der Waals surface area contributed by atoms with Crippen LogP contribution in [0.25, 0.3) is 0 Å². The van der Waals surface area contributed by atoms with Crippen molar-refractivity contribution in [2.75, 3.05) is 33.4 Å². The first-order valence-corrected chi connectivity index (χ1v) is 6.85. The second-order valence-corrected chi connectivity index (χ2v) is 5.03. The monoisotopic (exact) mass is 287 g/mol. The van der Waals surface area contributed by atoms with Gasteiger partial charge < -0.3 is 14.8 Å². The molecule has 0 unspecified atom stereocenters. The lowest BCUT2D eigenvalue weighted by atomic mass is 10.1. The Hall–Kier alpha value is -1.20. The van der Waals surface area contributed by atoms with Crippen molar-refractivity contribution < 1.29 is 18.3 Å². The summed E-state index contributed by atoms with van der Waals surface area (Å²) in [6.07, 6.45) is 0.214. The van der Waals surface area contributed by atoms with Gasteiger partial charge in [-0.3, -0.25) is 0 Å². The maximum atomic E-state index is 13.6. The molecule has 0 saturated heterocycles. The van der Waals surface area contributed by atoms with Crippen molar-refractivity contribution in [1.82, 2.24) is 5.32 Å². The second kappa shape index (κ2) is 8.87. The average molecular weight is 287 g/mol. The average Bonchev–Trinajstić information content (AvgIpc) is 2.39. The van der Waals surface area contributed by atoms with Crippen molar-refractivity contribution >= 4 is 0 Å². The van der Waals surface area contributed by atoms with Crippen LogP contribution in [0.5, 0.6) is 5.75 Å². The molecule has 0 radical (unpaired) electrons. The maximum Gasteiger partial charge on any atom is 0.133 e. The first-order valence-electron chi connectivity index (χ1n) is 6.85. The predicted octanol–water partition coefficient (Wildman–Crippen LogP) is 2.78. The highest BCUT2D eigenvalue weighted by Crippen LogP contribution is 2.20. The van der Waals surface area contributed by atoms with Gasteiger partial charge in [0, 0.05) is 30.7 Å². The standard InChI is InChI=1S/C15H23F2NO2/c1-11(2)10-18-5-7-20-6-4-13-14(16)8-12(19-3)9-15(13)17/h8-9,11,18H,4-7,10H2,1-3H3. The van der Waals surface area contributed by atoms with Gasteiger partial charge in [0.1, 0.15) is 17.4 Å². The number of hydrogen-bond donors (Lipinski definition) is 1. The van der Waals surface area contributed by atoms with Crippen LogP contribution in [0.4, 0.5) is 8.78 Å². The predicted molar refractivity (Wildman–Crippen MR) is 75.1 cm³/mol. The van der Waals surface area contributed by atoms with E-state index in [4.69, 9.17) is 9.47 Å². The van der Waals surface area contributed by atoms with E-state index in [0.717, 1.165) is 13.1 Å². The zero-order valence-electron chi connectivity index (χ0n) is 12.3. The zero-order chi connectivity index (χ0) is 15.0. The van der Waals surface area contributed by atoms with Gasteiger partial charge in [-0.05, 0) is 12.5 Å². The van der Waals surface area contributed by atoms with Gasteiger partial charge in [0.15, 0.2) is 0 Å². The Kier molecular flexibility index (Phi) is 7.47. The van der Waals surface area contributed by atoms with Crippen LogP contribution in [-0.4, -0.2) is 33.4 Å². The third-order valence-electron chi connectivity index (χ3n) is 2.82. The maximum absolute atomic E-state index is 13.6. The Balaban J connectivity index is 2.28. The van der Waals surface area contributed by atoms with Crippen LogP contribution < -0.4 is 10.1 Å². The first kappa shape index (κ1) is 16.9. The summed E-state index contributed by atoms with van der Waals surface area (Å²) >= 11 is 0. The van der Waals surface area contributed by atoms with E-state index in [-0.39, 0.29) is 17.7 Å². The smallest absolute Gasteiger partial charge is 0.133 e. The van der Waals surface area contributed by atoms with Gasteiger partial charge in [-0.25, -0.2) is 8.78 Å². The molecule has 0 heterocycles. The molecule has 0 fully saturated rings. The second-order valence-electron chi connectivity index (χ2n) is 5.03. The highest BCUT2D eigenvalue weighted by molar-refractivity contribution is 5.30. The fourth-order valence-electron chi connectivity index (χ4n) is 1.75. The van der Waals surface area contributed by atoms with Crippen molar-refractivity contribution in [1.29, 1.82) is 0 Å². The van der Waals surface area contributed by atoms with E-state index in [1.165, 1.54) is 19.2 Å².